The summed E-state index contributed by atoms with van der Waals surface area (Å²) in [6.45, 7) is 4.14. The molecule has 0 atom stereocenters. The number of allylic oxidation sites excluding steroid dienone is 1. The van der Waals surface area contributed by atoms with Crippen LogP contribution >= 0.6 is 27.7 Å². The number of aromatic nitrogens is 4. The molecule has 0 saturated heterocycles. The van der Waals surface area contributed by atoms with Crippen molar-refractivity contribution in [1.82, 2.24) is 19.2 Å². The van der Waals surface area contributed by atoms with Crippen molar-refractivity contribution in [1.29, 1.82) is 0 Å². The molecule has 4 aromatic rings. The second-order valence-electron chi connectivity index (χ2n) is 5.76. The number of halogens is 1. The summed E-state index contributed by atoms with van der Waals surface area (Å²) in [6, 6.07) is 15.7. The third-order valence-corrected chi connectivity index (χ3v) is 5.54. The summed E-state index contributed by atoms with van der Waals surface area (Å²) in [5, 5.41) is 10.0. The number of benzene rings is 2. The maximum absolute atomic E-state index is 12.8. The lowest BCUT2D eigenvalue weighted by atomic mass is 10.2. The van der Waals surface area contributed by atoms with Crippen LogP contribution < -0.4 is 5.56 Å². The Morgan fingerprint density at radius 2 is 2.00 bits per heavy atom. The van der Waals surface area contributed by atoms with E-state index in [4.69, 9.17) is 0 Å². The minimum Gasteiger partial charge on any atom is -0.272 e. The number of nitrogens with zero attached hydrogens (tertiary/aromatic N) is 4. The van der Waals surface area contributed by atoms with Crippen LogP contribution in [-0.2, 0) is 12.3 Å². The molecule has 0 unspecified atom stereocenters. The molecule has 0 N–H and O–H groups in total. The van der Waals surface area contributed by atoms with E-state index in [0.29, 0.717) is 17.7 Å². The lowest BCUT2D eigenvalue weighted by molar-refractivity contribution is 0.783. The van der Waals surface area contributed by atoms with Gasteiger partial charge >= 0.3 is 0 Å². The zero-order valence-electron chi connectivity index (χ0n) is 13.8. The lowest BCUT2D eigenvalue weighted by Gasteiger charge is -2.09. The first kappa shape index (κ1) is 17.1. The zero-order valence-corrected chi connectivity index (χ0v) is 16.2. The fourth-order valence-electron chi connectivity index (χ4n) is 2.90. The molecule has 0 aliphatic heterocycles. The summed E-state index contributed by atoms with van der Waals surface area (Å²) < 4.78 is 4.60. The molecule has 5 nitrogen and oxygen atoms in total. The Bertz CT molecular complexity index is 1180. The van der Waals surface area contributed by atoms with Crippen molar-refractivity contribution in [2.45, 2.75) is 17.5 Å². The summed E-state index contributed by atoms with van der Waals surface area (Å²) in [7, 11) is 0. The molecule has 0 fully saturated rings. The normalized spacial score (nSPS) is 11.3. The molecular formula is C19H15BrN4OS. The minimum atomic E-state index is -0.0797. The van der Waals surface area contributed by atoms with Gasteiger partial charge in [-0.05, 0) is 29.8 Å². The average molecular weight is 427 g/mol. The molecule has 0 amide bonds. The van der Waals surface area contributed by atoms with Gasteiger partial charge in [0.2, 0.25) is 5.78 Å². The van der Waals surface area contributed by atoms with E-state index >= 15 is 0 Å². The van der Waals surface area contributed by atoms with Crippen LogP contribution in [0.25, 0.3) is 16.7 Å². The monoisotopic (exact) mass is 426 g/mol. The minimum absolute atomic E-state index is 0.0797. The molecule has 2 heterocycles. The second-order valence-corrected chi connectivity index (χ2v) is 7.62. The number of thioether (sulfide) groups is 1. The van der Waals surface area contributed by atoms with Gasteiger partial charge in [0.25, 0.3) is 5.56 Å². The van der Waals surface area contributed by atoms with Crippen molar-refractivity contribution < 1.29 is 0 Å². The van der Waals surface area contributed by atoms with E-state index in [1.54, 1.807) is 22.4 Å². The first-order valence-electron chi connectivity index (χ1n) is 8.04. The van der Waals surface area contributed by atoms with E-state index in [1.807, 2.05) is 40.8 Å². The number of fused-ring (bicyclic) bond motifs is 3. The molecule has 130 valence electrons. The maximum Gasteiger partial charge on any atom is 0.263 e. The van der Waals surface area contributed by atoms with E-state index in [9.17, 15) is 4.79 Å². The molecule has 0 saturated carbocycles. The summed E-state index contributed by atoms with van der Waals surface area (Å²) >= 11 is 5.09. The van der Waals surface area contributed by atoms with Crippen LogP contribution in [0, 0.1) is 0 Å². The van der Waals surface area contributed by atoms with Crippen molar-refractivity contribution in [3.05, 3.63) is 81.6 Å². The summed E-state index contributed by atoms with van der Waals surface area (Å²) in [5.41, 5.74) is 1.92. The molecule has 0 aliphatic carbocycles. The summed E-state index contributed by atoms with van der Waals surface area (Å²) in [6.07, 6.45) is 1.69. The van der Waals surface area contributed by atoms with E-state index in [1.165, 1.54) is 5.56 Å². The highest BCUT2D eigenvalue weighted by Crippen LogP contribution is 2.25. The molecule has 0 radical (unpaired) electrons. The quantitative estimate of drug-likeness (QED) is 0.352. The topological polar surface area (TPSA) is 52.2 Å². The van der Waals surface area contributed by atoms with Gasteiger partial charge in [-0.15, -0.1) is 16.8 Å². The van der Waals surface area contributed by atoms with Crippen LogP contribution in [-0.4, -0.2) is 19.2 Å². The van der Waals surface area contributed by atoms with Crippen LogP contribution in [0.5, 0.6) is 0 Å². The predicted molar refractivity (Wildman–Crippen MR) is 109 cm³/mol. The van der Waals surface area contributed by atoms with Gasteiger partial charge < -0.3 is 0 Å². The van der Waals surface area contributed by atoms with Crippen molar-refractivity contribution in [2.24, 2.45) is 0 Å². The fourth-order valence-corrected chi connectivity index (χ4v) is 4.22. The van der Waals surface area contributed by atoms with E-state index in [0.717, 1.165) is 20.9 Å². The van der Waals surface area contributed by atoms with Gasteiger partial charge in [-0.2, -0.15) is 0 Å². The summed E-state index contributed by atoms with van der Waals surface area (Å²) in [4.78, 5) is 12.8. The van der Waals surface area contributed by atoms with Crippen LogP contribution in [0.3, 0.4) is 0 Å². The molecule has 2 aromatic carbocycles. The standard InChI is InChI=1S/C19H15BrN4OS/c1-2-10-23-17(25)15-8-3-4-9-16(15)24-18(23)21-22-19(24)26-12-13-6-5-7-14(20)11-13/h2-9,11H,1,10,12H2. The van der Waals surface area contributed by atoms with Gasteiger partial charge in [0.05, 0.1) is 10.9 Å². The highest BCUT2D eigenvalue weighted by molar-refractivity contribution is 9.10. The van der Waals surface area contributed by atoms with Crippen LogP contribution in [0.15, 0.2) is 75.6 Å². The predicted octanol–water partition coefficient (Wildman–Crippen LogP) is 4.29. The highest BCUT2D eigenvalue weighted by atomic mass is 79.9. The second kappa shape index (κ2) is 7.09. The molecule has 0 spiro atoms. The Kier molecular flexibility index (Phi) is 4.65. The Hall–Kier alpha value is -2.38. The van der Waals surface area contributed by atoms with E-state index in [2.05, 4.69) is 44.8 Å². The van der Waals surface area contributed by atoms with Crippen molar-refractivity contribution >= 4 is 44.4 Å². The summed E-state index contributed by atoms with van der Waals surface area (Å²) in [5.74, 6) is 1.29. The van der Waals surface area contributed by atoms with Gasteiger partial charge in [-0.1, -0.05) is 58.0 Å². The maximum atomic E-state index is 12.8. The molecule has 7 heteroatoms. The van der Waals surface area contributed by atoms with Gasteiger partial charge in [0.15, 0.2) is 5.16 Å². The van der Waals surface area contributed by atoms with Crippen LogP contribution in [0.1, 0.15) is 5.56 Å². The number of rotatable bonds is 5. The Balaban J connectivity index is 1.86. The first-order valence-corrected chi connectivity index (χ1v) is 9.81. The Morgan fingerprint density at radius 1 is 1.15 bits per heavy atom. The molecule has 4 rings (SSSR count). The van der Waals surface area contributed by atoms with Gasteiger partial charge in [0, 0.05) is 16.8 Å². The number of hydrogen-bond acceptors (Lipinski definition) is 4. The van der Waals surface area contributed by atoms with Gasteiger partial charge in [-0.3, -0.25) is 13.8 Å². The van der Waals surface area contributed by atoms with Crippen molar-refractivity contribution in [2.75, 3.05) is 0 Å². The third kappa shape index (κ3) is 2.97. The SMILES string of the molecule is C=CCn1c(=O)c2ccccc2n2c(SCc3cccc(Br)c3)nnc12. The highest BCUT2D eigenvalue weighted by Gasteiger charge is 2.16. The van der Waals surface area contributed by atoms with Crippen molar-refractivity contribution in [3.8, 4) is 0 Å². The smallest absolute Gasteiger partial charge is 0.263 e. The molecule has 0 bridgehead atoms. The third-order valence-electron chi connectivity index (χ3n) is 4.05. The fraction of sp³-hybridized carbons (Fsp3) is 0.105. The molecular weight excluding hydrogens is 412 g/mol. The largest absolute Gasteiger partial charge is 0.272 e. The Labute approximate surface area is 162 Å². The number of hydrogen-bond donors (Lipinski definition) is 0. The molecule has 2 aromatic heterocycles. The van der Waals surface area contributed by atoms with E-state index < -0.39 is 0 Å². The Morgan fingerprint density at radius 3 is 2.81 bits per heavy atom. The number of para-hydroxylation sites is 1. The average Bonchev–Trinajstić information content (AvgIpc) is 3.07. The molecule has 26 heavy (non-hydrogen) atoms. The van der Waals surface area contributed by atoms with Crippen molar-refractivity contribution in [3.63, 3.8) is 0 Å². The first-order chi connectivity index (χ1) is 12.7. The van der Waals surface area contributed by atoms with Crippen LogP contribution in [0.2, 0.25) is 0 Å². The van der Waals surface area contributed by atoms with E-state index in [-0.39, 0.29) is 5.56 Å². The van der Waals surface area contributed by atoms with Crippen LogP contribution in [0.4, 0.5) is 0 Å². The zero-order chi connectivity index (χ0) is 18.1. The van der Waals surface area contributed by atoms with Gasteiger partial charge in [-0.25, -0.2) is 0 Å². The lowest BCUT2D eigenvalue weighted by Crippen LogP contribution is -2.22. The molecule has 0 aliphatic rings. The van der Waals surface area contributed by atoms with Gasteiger partial charge in [0.1, 0.15) is 0 Å².